The van der Waals surface area contributed by atoms with E-state index in [9.17, 15) is 4.79 Å². The molecule has 1 heterocycles. The van der Waals surface area contributed by atoms with E-state index in [-0.39, 0.29) is 11.2 Å². The Morgan fingerprint density at radius 1 is 1.12 bits per heavy atom. The predicted octanol–water partition coefficient (Wildman–Crippen LogP) is 4.16. The van der Waals surface area contributed by atoms with Crippen molar-refractivity contribution in [1.82, 2.24) is 5.32 Å². The molecule has 1 saturated heterocycles. The predicted molar refractivity (Wildman–Crippen MR) is 101 cm³/mol. The highest BCUT2D eigenvalue weighted by molar-refractivity contribution is 8.15. The second-order valence-corrected chi connectivity index (χ2v) is 7.05. The normalized spacial score (nSPS) is 19.2. The van der Waals surface area contributed by atoms with Crippen LogP contribution in [0.5, 0.6) is 0 Å². The van der Waals surface area contributed by atoms with Gasteiger partial charge in [-0.25, -0.2) is 0 Å². The standard InChI is InChI=1S/C17H13Cl2N3OS/c18-13-8-4-7-12(15(13)19)9-14-16(23)21-17(24-14)22-20-10-11-5-2-1-3-6-11/h1-8,10,14H,9H2,(H,21,22,23). The molecule has 0 saturated carbocycles. The van der Waals surface area contributed by atoms with Gasteiger partial charge in [-0.3, -0.25) is 4.79 Å². The first-order valence-electron chi connectivity index (χ1n) is 7.20. The molecule has 0 aromatic heterocycles. The van der Waals surface area contributed by atoms with Crippen LogP contribution < -0.4 is 5.32 Å². The SMILES string of the molecule is O=C1NC(=NN=Cc2ccccc2)SC1Cc1cccc(Cl)c1Cl. The minimum atomic E-state index is -0.299. The van der Waals surface area contributed by atoms with Gasteiger partial charge in [-0.1, -0.05) is 77.4 Å². The van der Waals surface area contributed by atoms with E-state index in [1.165, 1.54) is 11.8 Å². The molecule has 4 nitrogen and oxygen atoms in total. The third-order valence-electron chi connectivity index (χ3n) is 3.37. The molecule has 2 aromatic carbocycles. The molecule has 2 aromatic rings. The molecular weight excluding hydrogens is 365 g/mol. The number of nitrogens with one attached hydrogen (secondary N) is 1. The Morgan fingerprint density at radius 2 is 1.92 bits per heavy atom. The van der Waals surface area contributed by atoms with Gasteiger partial charge in [0.05, 0.1) is 21.5 Å². The van der Waals surface area contributed by atoms with Gasteiger partial charge in [-0.05, 0) is 23.6 Å². The van der Waals surface area contributed by atoms with Crippen LogP contribution in [0.15, 0.2) is 58.7 Å². The number of carbonyl (C=O) groups excluding carboxylic acids is 1. The van der Waals surface area contributed by atoms with Crippen molar-refractivity contribution in [1.29, 1.82) is 0 Å². The van der Waals surface area contributed by atoms with E-state index in [1.807, 2.05) is 42.5 Å². The van der Waals surface area contributed by atoms with Crippen molar-refractivity contribution in [3.63, 3.8) is 0 Å². The summed E-state index contributed by atoms with van der Waals surface area (Å²) in [6, 6.07) is 15.0. The summed E-state index contributed by atoms with van der Waals surface area (Å²) < 4.78 is 0. The highest BCUT2D eigenvalue weighted by atomic mass is 35.5. The van der Waals surface area contributed by atoms with E-state index in [0.29, 0.717) is 21.6 Å². The Kier molecular flexibility index (Phi) is 5.56. The Hall–Kier alpha value is -1.82. The Morgan fingerprint density at radius 3 is 2.71 bits per heavy atom. The van der Waals surface area contributed by atoms with Crippen LogP contribution >= 0.6 is 35.0 Å². The van der Waals surface area contributed by atoms with E-state index >= 15 is 0 Å². The van der Waals surface area contributed by atoms with E-state index in [1.54, 1.807) is 12.3 Å². The third kappa shape index (κ3) is 4.17. The van der Waals surface area contributed by atoms with E-state index in [4.69, 9.17) is 23.2 Å². The van der Waals surface area contributed by atoms with Gasteiger partial charge in [-0.15, -0.1) is 5.10 Å². The molecule has 0 bridgehead atoms. The number of hydrogen-bond donors (Lipinski definition) is 1. The lowest BCUT2D eigenvalue weighted by Crippen LogP contribution is -2.26. The maximum atomic E-state index is 12.1. The molecule has 7 heteroatoms. The molecule has 1 unspecified atom stereocenters. The van der Waals surface area contributed by atoms with Gasteiger partial charge in [0.2, 0.25) is 5.91 Å². The molecular formula is C17H13Cl2N3OS. The molecule has 3 rings (SSSR count). The Balaban J connectivity index is 1.66. The van der Waals surface area contributed by atoms with Crippen LogP contribution in [0.3, 0.4) is 0 Å². The summed E-state index contributed by atoms with van der Waals surface area (Å²) in [5.74, 6) is -0.107. The minimum absolute atomic E-state index is 0.107. The van der Waals surface area contributed by atoms with E-state index in [2.05, 4.69) is 15.5 Å². The van der Waals surface area contributed by atoms with Crippen LogP contribution in [0.1, 0.15) is 11.1 Å². The zero-order chi connectivity index (χ0) is 16.9. The van der Waals surface area contributed by atoms with Crippen molar-refractivity contribution in [2.24, 2.45) is 10.2 Å². The molecule has 0 spiro atoms. The van der Waals surface area contributed by atoms with Gasteiger partial charge >= 0.3 is 0 Å². The smallest absolute Gasteiger partial charge is 0.239 e. The summed E-state index contributed by atoms with van der Waals surface area (Å²) in [4.78, 5) is 12.1. The van der Waals surface area contributed by atoms with Crippen LogP contribution in [0.2, 0.25) is 10.0 Å². The van der Waals surface area contributed by atoms with Crippen molar-refractivity contribution in [2.75, 3.05) is 0 Å². The minimum Gasteiger partial charge on any atom is -0.303 e. The maximum absolute atomic E-state index is 12.1. The van der Waals surface area contributed by atoms with E-state index in [0.717, 1.165) is 11.1 Å². The van der Waals surface area contributed by atoms with Crippen molar-refractivity contribution in [3.8, 4) is 0 Å². The van der Waals surface area contributed by atoms with Crippen molar-refractivity contribution >= 4 is 52.3 Å². The number of halogens is 2. The molecule has 1 amide bonds. The number of benzene rings is 2. The summed E-state index contributed by atoms with van der Waals surface area (Å²) in [5, 5.41) is 12.0. The number of rotatable bonds is 4. The molecule has 1 atom stereocenters. The second kappa shape index (κ2) is 7.83. The van der Waals surface area contributed by atoms with Crippen LogP contribution in [0.4, 0.5) is 0 Å². The number of amides is 1. The van der Waals surface area contributed by atoms with Gasteiger partial charge in [0, 0.05) is 0 Å². The van der Waals surface area contributed by atoms with Crippen LogP contribution in [-0.4, -0.2) is 22.5 Å². The Bertz CT molecular complexity index is 809. The average Bonchev–Trinajstić information content (AvgIpc) is 2.93. The highest BCUT2D eigenvalue weighted by Crippen LogP contribution is 2.30. The van der Waals surface area contributed by atoms with Crippen LogP contribution in [0, 0.1) is 0 Å². The fraction of sp³-hybridized carbons (Fsp3) is 0.118. The topological polar surface area (TPSA) is 53.8 Å². The van der Waals surface area contributed by atoms with Crippen molar-refractivity contribution in [3.05, 3.63) is 69.7 Å². The quantitative estimate of drug-likeness (QED) is 0.642. The van der Waals surface area contributed by atoms with Gasteiger partial charge < -0.3 is 5.32 Å². The number of hydrogen-bond acceptors (Lipinski definition) is 4. The van der Waals surface area contributed by atoms with Gasteiger partial charge in [0.15, 0.2) is 5.17 Å². The number of nitrogens with zero attached hydrogens (tertiary/aromatic N) is 2. The van der Waals surface area contributed by atoms with Gasteiger partial charge in [-0.2, -0.15) is 5.10 Å². The van der Waals surface area contributed by atoms with Gasteiger partial charge in [0.25, 0.3) is 0 Å². The summed E-state index contributed by atoms with van der Waals surface area (Å²) in [7, 11) is 0. The lowest BCUT2D eigenvalue weighted by atomic mass is 10.1. The summed E-state index contributed by atoms with van der Waals surface area (Å²) in [5.41, 5.74) is 1.78. The molecule has 1 aliphatic heterocycles. The first kappa shape index (κ1) is 17.0. The lowest BCUT2D eigenvalue weighted by molar-refractivity contribution is -0.118. The summed E-state index contributed by atoms with van der Waals surface area (Å²) >= 11 is 13.5. The summed E-state index contributed by atoms with van der Waals surface area (Å²) in [6.07, 6.45) is 2.12. The molecule has 122 valence electrons. The molecule has 0 aliphatic carbocycles. The first-order chi connectivity index (χ1) is 11.6. The molecule has 1 N–H and O–H groups in total. The molecule has 1 aliphatic rings. The van der Waals surface area contributed by atoms with E-state index < -0.39 is 0 Å². The largest absolute Gasteiger partial charge is 0.303 e. The maximum Gasteiger partial charge on any atom is 0.239 e. The molecule has 1 fully saturated rings. The molecule has 24 heavy (non-hydrogen) atoms. The summed E-state index contributed by atoms with van der Waals surface area (Å²) in [6.45, 7) is 0. The fourth-order valence-corrected chi connectivity index (χ4v) is 3.53. The van der Waals surface area contributed by atoms with Crippen LogP contribution in [0.25, 0.3) is 0 Å². The van der Waals surface area contributed by atoms with Crippen molar-refractivity contribution < 1.29 is 4.79 Å². The molecule has 0 radical (unpaired) electrons. The van der Waals surface area contributed by atoms with Gasteiger partial charge in [0.1, 0.15) is 0 Å². The zero-order valence-electron chi connectivity index (χ0n) is 12.4. The lowest BCUT2D eigenvalue weighted by Gasteiger charge is -2.08. The average molecular weight is 378 g/mol. The number of amidine groups is 1. The highest BCUT2D eigenvalue weighted by Gasteiger charge is 2.31. The third-order valence-corrected chi connectivity index (χ3v) is 5.30. The fourth-order valence-electron chi connectivity index (χ4n) is 2.18. The number of thioether (sulfide) groups is 1. The van der Waals surface area contributed by atoms with Crippen molar-refractivity contribution in [2.45, 2.75) is 11.7 Å². The van der Waals surface area contributed by atoms with Crippen LogP contribution in [-0.2, 0) is 11.2 Å². The number of carbonyl (C=O) groups is 1. The zero-order valence-corrected chi connectivity index (χ0v) is 14.8. The monoisotopic (exact) mass is 377 g/mol. The second-order valence-electron chi connectivity index (χ2n) is 5.07. The first-order valence-corrected chi connectivity index (χ1v) is 8.83. The Labute approximate surface area is 154 Å².